The minimum absolute atomic E-state index is 0.164. The molecule has 116 valence electrons. The maximum Gasteiger partial charge on any atom is 0.225 e. The Kier molecular flexibility index (Phi) is 2.95. The highest BCUT2D eigenvalue weighted by Crippen LogP contribution is 2.44. The van der Waals surface area contributed by atoms with Gasteiger partial charge in [-0.15, -0.1) is 0 Å². The van der Waals surface area contributed by atoms with Crippen LogP contribution < -0.4 is 15.4 Å². The predicted octanol–water partition coefficient (Wildman–Crippen LogP) is 1.27. The Morgan fingerprint density at radius 2 is 2.27 bits per heavy atom. The van der Waals surface area contributed by atoms with Gasteiger partial charge in [-0.3, -0.25) is 5.10 Å². The molecule has 0 amide bonds. The van der Waals surface area contributed by atoms with Crippen LogP contribution in [0.15, 0.2) is 12.3 Å². The molecule has 7 heteroatoms. The number of fused-ring (bicyclic) bond motifs is 2. The Bertz CT molecular complexity index is 699. The molecule has 0 saturated carbocycles. The Hall–Kier alpha value is -2.31. The maximum absolute atomic E-state index is 5.80. The minimum atomic E-state index is 0.164. The molecule has 4 rings (SSSR count). The van der Waals surface area contributed by atoms with Gasteiger partial charge in [0.1, 0.15) is 5.82 Å². The molecule has 2 aromatic heterocycles. The highest BCUT2D eigenvalue weighted by atomic mass is 16.5. The average molecular weight is 300 g/mol. The number of ether oxygens (including phenoxy) is 1. The number of nitrogen functional groups attached to an aromatic ring is 1. The molecular formula is C15H20N6O. The van der Waals surface area contributed by atoms with Gasteiger partial charge in [0.15, 0.2) is 0 Å². The van der Waals surface area contributed by atoms with Crippen LogP contribution in [0.25, 0.3) is 0 Å². The van der Waals surface area contributed by atoms with Crippen LogP contribution in [0, 0.1) is 0 Å². The van der Waals surface area contributed by atoms with Gasteiger partial charge >= 0.3 is 0 Å². The standard InChI is InChI=1S/C15H20N6O/c1-22-12-7-11(18-14(16)19-12)21-6-2-4-15(9-21)5-3-10-8-17-20-13(10)15/h7-8H,2-6,9H2,1H3,(H,17,20)(H2,16,18,19). The predicted molar refractivity (Wildman–Crippen MR) is 83.0 cm³/mol. The first-order valence-corrected chi connectivity index (χ1v) is 7.66. The summed E-state index contributed by atoms with van der Waals surface area (Å²) < 4.78 is 5.21. The Morgan fingerprint density at radius 1 is 1.36 bits per heavy atom. The lowest BCUT2D eigenvalue weighted by molar-refractivity contribution is 0.331. The number of piperidine rings is 1. The third-order valence-corrected chi connectivity index (χ3v) is 4.94. The fourth-order valence-electron chi connectivity index (χ4n) is 3.89. The molecule has 0 radical (unpaired) electrons. The molecule has 1 atom stereocenters. The van der Waals surface area contributed by atoms with Crippen LogP contribution >= 0.6 is 0 Å². The van der Waals surface area contributed by atoms with Gasteiger partial charge in [0.25, 0.3) is 0 Å². The molecule has 7 nitrogen and oxygen atoms in total. The largest absolute Gasteiger partial charge is 0.481 e. The van der Waals surface area contributed by atoms with Crippen molar-refractivity contribution in [2.75, 3.05) is 30.8 Å². The number of aryl methyl sites for hydroxylation is 1. The summed E-state index contributed by atoms with van der Waals surface area (Å²) in [6.45, 7) is 1.91. The van der Waals surface area contributed by atoms with Crippen LogP contribution in [0.3, 0.4) is 0 Å². The maximum atomic E-state index is 5.80. The number of H-pyrrole nitrogens is 1. The zero-order valence-electron chi connectivity index (χ0n) is 12.7. The molecule has 22 heavy (non-hydrogen) atoms. The van der Waals surface area contributed by atoms with Crippen molar-refractivity contribution in [2.24, 2.45) is 0 Å². The van der Waals surface area contributed by atoms with E-state index in [4.69, 9.17) is 10.5 Å². The smallest absolute Gasteiger partial charge is 0.225 e. The molecule has 1 aliphatic heterocycles. The third kappa shape index (κ3) is 2.00. The van der Waals surface area contributed by atoms with E-state index in [0.29, 0.717) is 5.88 Å². The quantitative estimate of drug-likeness (QED) is 0.867. The number of aromatic nitrogens is 4. The average Bonchev–Trinajstić information content (AvgIpc) is 3.12. The molecule has 2 aromatic rings. The van der Waals surface area contributed by atoms with Crippen molar-refractivity contribution >= 4 is 11.8 Å². The molecule has 0 bridgehead atoms. The second-order valence-electron chi connectivity index (χ2n) is 6.20. The van der Waals surface area contributed by atoms with E-state index < -0.39 is 0 Å². The van der Waals surface area contributed by atoms with Crippen molar-refractivity contribution < 1.29 is 4.74 Å². The van der Waals surface area contributed by atoms with Gasteiger partial charge in [-0.05, 0) is 31.2 Å². The van der Waals surface area contributed by atoms with Crippen molar-refractivity contribution in [1.29, 1.82) is 0 Å². The SMILES string of the molecule is COc1cc(N2CCCC3(CCc4cn[nH]c43)C2)nc(N)n1. The van der Waals surface area contributed by atoms with Crippen LogP contribution in [0.2, 0.25) is 0 Å². The molecule has 1 unspecified atom stereocenters. The topological polar surface area (TPSA) is 93.0 Å². The van der Waals surface area contributed by atoms with E-state index >= 15 is 0 Å². The highest BCUT2D eigenvalue weighted by Gasteiger charge is 2.43. The highest BCUT2D eigenvalue weighted by molar-refractivity contribution is 5.48. The van der Waals surface area contributed by atoms with E-state index in [9.17, 15) is 0 Å². The van der Waals surface area contributed by atoms with Gasteiger partial charge in [0.2, 0.25) is 11.8 Å². The molecule has 2 aliphatic rings. The molecular weight excluding hydrogens is 280 g/mol. The van der Waals surface area contributed by atoms with Gasteiger partial charge < -0.3 is 15.4 Å². The lowest BCUT2D eigenvalue weighted by Gasteiger charge is -2.41. The molecule has 1 fully saturated rings. The van der Waals surface area contributed by atoms with Gasteiger partial charge in [-0.25, -0.2) is 0 Å². The van der Waals surface area contributed by atoms with E-state index in [1.807, 2.05) is 12.3 Å². The van der Waals surface area contributed by atoms with Crippen molar-refractivity contribution in [3.05, 3.63) is 23.5 Å². The Labute approximate surface area is 128 Å². The van der Waals surface area contributed by atoms with Gasteiger partial charge in [0, 0.05) is 30.3 Å². The zero-order chi connectivity index (χ0) is 15.2. The van der Waals surface area contributed by atoms with Crippen LogP contribution in [0.1, 0.15) is 30.5 Å². The van der Waals surface area contributed by atoms with Crippen molar-refractivity contribution in [3.8, 4) is 5.88 Å². The summed E-state index contributed by atoms with van der Waals surface area (Å²) in [4.78, 5) is 10.7. The minimum Gasteiger partial charge on any atom is -0.481 e. The summed E-state index contributed by atoms with van der Waals surface area (Å²) in [7, 11) is 1.59. The second-order valence-corrected chi connectivity index (χ2v) is 6.20. The van der Waals surface area contributed by atoms with Crippen molar-refractivity contribution in [3.63, 3.8) is 0 Å². The van der Waals surface area contributed by atoms with E-state index in [1.165, 1.54) is 24.1 Å². The summed E-state index contributed by atoms with van der Waals surface area (Å²) in [5.74, 6) is 1.61. The molecule has 3 heterocycles. The summed E-state index contributed by atoms with van der Waals surface area (Å²) >= 11 is 0. The zero-order valence-corrected chi connectivity index (χ0v) is 12.7. The monoisotopic (exact) mass is 300 g/mol. The van der Waals surface area contributed by atoms with Crippen LogP contribution in [-0.2, 0) is 11.8 Å². The number of hydrogen-bond donors (Lipinski definition) is 2. The number of hydrogen-bond acceptors (Lipinski definition) is 6. The number of nitrogens with one attached hydrogen (secondary N) is 1. The normalized spacial score (nSPS) is 23.8. The Morgan fingerprint density at radius 3 is 3.14 bits per heavy atom. The number of nitrogens with two attached hydrogens (primary N) is 1. The van der Waals surface area contributed by atoms with Gasteiger partial charge in [-0.1, -0.05) is 0 Å². The fourth-order valence-corrected chi connectivity index (χ4v) is 3.89. The van der Waals surface area contributed by atoms with E-state index in [0.717, 1.165) is 31.7 Å². The summed E-state index contributed by atoms with van der Waals surface area (Å²) in [6.07, 6.45) is 6.57. The molecule has 0 aromatic carbocycles. The number of anilines is 2. The molecule has 1 saturated heterocycles. The lowest BCUT2D eigenvalue weighted by Crippen LogP contribution is -2.45. The Balaban J connectivity index is 1.66. The number of rotatable bonds is 2. The molecule has 1 aliphatic carbocycles. The first-order chi connectivity index (χ1) is 10.7. The van der Waals surface area contributed by atoms with Crippen LogP contribution in [0.5, 0.6) is 5.88 Å². The van der Waals surface area contributed by atoms with Crippen LogP contribution in [0.4, 0.5) is 11.8 Å². The third-order valence-electron chi connectivity index (χ3n) is 4.94. The summed E-state index contributed by atoms with van der Waals surface area (Å²) in [5.41, 5.74) is 8.64. The second kappa shape index (κ2) is 4.86. The van der Waals surface area contributed by atoms with Crippen molar-refractivity contribution in [2.45, 2.75) is 31.1 Å². The number of aromatic amines is 1. The lowest BCUT2D eigenvalue weighted by atomic mass is 9.77. The van der Waals surface area contributed by atoms with E-state index in [-0.39, 0.29) is 11.4 Å². The first-order valence-electron chi connectivity index (χ1n) is 7.66. The number of methoxy groups -OCH3 is 1. The molecule has 1 spiro atoms. The first kappa shape index (κ1) is 13.4. The van der Waals surface area contributed by atoms with Crippen LogP contribution in [-0.4, -0.2) is 40.4 Å². The summed E-state index contributed by atoms with van der Waals surface area (Å²) in [5, 5.41) is 7.45. The fraction of sp³-hybridized carbons (Fsp3) is 0.533. The van der Waals surface area contributed by atoms with E-state index in [1.54, 1.807) is 7.11 Å². The van der Waals surface area contributed by atoms with Gasteiger partial charge in [0.05, 0.1) is 13.3 Å². The van der Waals surface area contributed by atoms with Crippen molar-refractivity contribution in [1.82, 2.24) is 20.2 Å². The van der Waals surface area contributed by atoms with E-state index in [2.05, 4.69) is 25.1 Å². The molecule has 3 N–H and O–H groups in total. The number of nitrogens with zero attached hydrogens (tertiary/aromatic N) is 4. The summed E-state index contributed by atoms with van der Waals surface area (Å²) in [6, 6.07) is 1.86. The van der Waals surface area contributed by atoms with Gasteiger partial charge in [-0.2, -0.15) is 15.1 Å².